The molecule has 2 atom stereocenters. The standard InChI is InChI=1S/C23H38N3O8P/c1-4-33-35(32,34-5-2)16-21(28)24-13-7-6-8-20(26-23(30)31)22(29)25-19(15-27)14-18-11-9-17(3)10-12-18/h9-12,19-20,26-27H,4-8,13-16H2,1-3H3,(H,24,28)(H,25,29)(H,30,31). The van der Waals surface area contributed by atoms with Gasteiger partial charge in [-0.2, -0.15) is 0 Å². The molecule has 12 heteroatoms. The molecule has 0 aromatic heterocycles. The van der Waals surface area contributed by atoms with E-state index in [0.717, 1.165) is 11.1 Å². The highest BCUT2D eigenvalue weighted by molar-refractivity contribution is 7.54. The Morgan fingerprint density at radius 1 is 1.03 bits per heavy atom. The fourth-order valence-corrected chi connectivity index (χ4v) is 4.85. The molecule has 0 spiro atoms. The topological polar surface area (TPSA) is 163 Å². The number of amides is 3. The minimum atomic E-state index is -3.48. The van der Waals surface area contributed by atoms with Gasteiger partial charge in [-0.05, 0) is 52.0 Å². The zero-order chi connectivity index (χ0) is 26.3. The third-order valence-electron chi connectivity index (χ3n) is 5.01. The van der Waals surface area contributed by atoms with E-state index in [1.807, 2.05) is 31.2 Å². The van der Waals surface area contributed by atoms with Crippen molar-refractivity contribution in [1.82, 2.24) is 16.0 Å². The number of aliphatic hydroxyl groups is 1. The molecule has 35 heavy (non-hydrogen) atoms. The van der Waals surface area contributed by atoms with Gasteiger partial charge in [-0.25, -0.2) is 4.79 Å². The Morgan fingerprint density at radius 2 is 1.66 bits per heavy atom. The van der Waals surface area contributed by atoms with E-state index >= 15 is 0 Å². The van der Waals surface area contributed by atoms with Gasteiger partial charge in [0.2, 0.25) is 11.8 Å². The highest BCUT2D eigenvalue weighted by atomic mass is 31.2. The van der Waals surface area contributed by atoms with E-state index in [1.165, 1.54) is 0 Å². The van der Waals surface area contributed by atoms with Crippen LogP contribution < -0.4 is 16.0 Å². The van der Waals surface area contributed by atoms with Gasteiger partial charge in [-0.3, -0.25) is 14.2 Å². The maximum atomic E-state index is 12.7. The number of nitrogens with one attached hydrogen (secondary N) is 3. The van der Waals surface area contributed by atoms with Crippen LogP contribution in [0.25, 0.3) is 0 Å². The largest absolute Gasteiger partial charge is 0.465 e. The van der Waals surface area contributed by atoms with Crippen molar-refractivity contribution in [2.24, 2.45) is 0 Å². The van der Waals surface area contributed by atoms with Crippen molar-refractivity contribution in [2.75, 3.05) is 32.5 Å². The maximum Gasteiger partial charge on any atom is 0.405 e. The maximum absolute atomic E-state index is 12.7. The molecule has 0 fully saturated rings. The molecule has 1 aromatic rings. The number of rotatable bonds is 17. The first kappa shape index (κ1) is 30.6. The molecule has 0 heterocycles. The summed E-state index contributed by atoms with van der Waals surface area (Å²) < 4.78 is 22.6. The van der Waals surface area contributed by atoms with Crippen LogP contribution >= 0.6 is 7.60 Å². The van der Waals surface area contributed by atoms with Crippen molar-refractivity contribution in [3.63, 3.8) is 0 Å². The highest BCUT2D eigenvalue weighted by Crippen LogP contribution is 2.47. The first-order valence-corrected chi connectivity index (χ1v) is 13.5. The number of unbranched alkanes of at least 4 members (excludes halogenated alkanes) is 1. The van der Waals surface area contributed by atoms with Crippen molar-refractivity contribution in [3.05, 3.63) is 35.4 Å². The van der Waals surface area contributed by atoms with Crippen molar-refractivity contribution >= 4 is 25.5 Å². The van der Waals surface area contributed by atoms with Crippen LogP contribution in [-0.2, 0) is 29.6 Å². The summed E-state index contributed by atoms with van der Waals surface area (Å²) in [4.78, 5) is 35.9. The van der Waals surface area contributed by atoms with Gasteiger partial charge in [0.1, 0.15) is 12.2 Å². The number of carbonyl (C=O) groups excluding carboxylic acids is 2. The molecule has 0 bridgehead atoms. The van der Waals surface area contributed by atoms with Crippen LogP contribution in [0.2, 0.25) is 0 Å². The Labute approximate surface area is 206 Å². The molecule has 11 nitrogen and oxygen atoms in total. The number of carbonyl (C=O) groups is 3. The monoisotopic (exact) mass is 515 g/mol. The van der Waals surface area contributed by atoms with Gasteiger partial charge in [0.05, 0.1) is 25.9 Å². The van der Waals surface area contributed by atoms with Gasteiger partial charge in [0.25, 0.3) is 0 Å². The minimum absolute atomic E-state index is 0.159. The molecule has 0 saturated carbocycles. The lowest BCUT2D eigenvalue weighted by molar-refractivity contribution is -0.124. The molecule has 5 N–H and O–H groups in total. The summed E-state index contributed by atoms with van der Waals surface area (Å²) >= 11 is 0. The number of carboxylic acid groups (broad SMARTS) is 1. The van der Waals surface area contributed by atoms with Crippen LogP contribution in [0.15, 0.2) is 24.3 Å². The Balaban J connectivity index is 2.52. The summed E-state index contributed by atoms with van der Waals surface area (Å²) in [5, 5.41) is 26.3. The third-order valence-corrected chi connectivity index (χ3v) is 6.99. The van der Waals surface area contributed by atoms with E-state index in [1.54, 1.807) is 13.8 Å². The first-order valence-electron chi connectivity index (χ1n) is 11.7. The average Bonchev–Trinajstić information content (AvgIpc) is 2.78. The number of hydrogen-bond donors (Lipinski definition) is 5. The lowest BCUT2D eigenvalue weighted by Crippen LogP contribution is -2.50. The van der Waals surface area contributed by atoms with Crippen molar-refractivity contribution < 1.29 is 38.2 Å². The number of benzene rings is 1. The predicted octanol–water partition coefficient (Wildman–Crippen LogP) is 2.20. The summed E-state index contributed by atoms with van der Waals surface area (Å²) in [5.74, 6) is -1.01. The summed E-state index contributed by atoms with van der Waals surface area (Å²) in [5.41, 5.74) is 2.03. The zero-order valence-corrected chi connectivity index (χ0v) is 21.5. The fourth-order valence-electron chi connectivity index (χ4n) is 3.34. The Bertz CT molecular complexity index is 840. The van der Waals surface area contributed by atoms with Crippen molar-refractivity contribution in [3.8, 4) is 0 Å². The van der Waals surface area contributed by atoms with Crippen molar-refractivity contribution in [1.29, 1.82) is 0 Å². The molecule has 1 rings (SSSR count). The second-order valence-electron chi connectivity index (χ2n) is 8.03. The van der Waals surface area contributed by atoms with Crippen LogP contribution in [-0.4, -0.2) is 72.7 Å². The number of hydrogen-bond acceptors (Lipinski definition) is 7. The molecule has 1 aromatic carbocycles. The quantitative estimate of drug-likeness (QED) is 0.156. The van der Waals surface area contributed by atoms with Gasteiger partial charge in [-0.1, -0.05) is 29.8 Å². The predicted molar refractivity (Wildman–Crippen MR) is 131 cm³/mol. The molecular formula is C23H38N3O8P. The fraction of sp³-hybridized carbons (Fsp3) is 0.609. The molecule has 0 saturated heterocycles. The zero-order valence-electron chi connectivity index (χ0n) is 20.6. The highest BCUT2D eigenvalue weighted by Gasteiger charge is 2.27. The normalized spacial score (nSPS) is 13.0. The first-order chi connectivity index (χ1) is 16.6. The van der Waals surface area contributed by atoms with Crippen molar-refractivity contribution in [2.45, 2.75) is 58.5 Å². The average molecular weight is 516 g/mol. The molecule has 198 valence electrons. The number of aliphatic hydroxyl groups excluding tert-OH is 1. The van der Waals surface area contributed by atoms with E-state index in [2.05, 4.69) is 16.0 Å². The van der Waals surface area contributed by atoms with Crippen LogP contribution in [0, 0.1) is 6.92 Å². The summed E-state index contributed by atoms with van der Waals surface area (Å²) in [7, 11) is -3.48. The molecule has 0 aliphatic carbocycles. The Morgan fingerprint density at radius 3 is 2.20 bits per heavy atom. The molecule has 0 aliphatic heterocycles. The van der Waals surface area contributed by atoms with Gasteiger partial charge in [0.15, 0.2) is 0 Å². The van der Waals surface area contributed by atoms with Crippen LogP contribution in [0.5, 0.6) is 0 Å². The summed E-state index contributed by atoms with van der Waals surface area (Å²) in [6.45, 7) is 5.56. The lowest BCUT2D eigenvalue weighted by Gasteiger charge is -2.22. The van der Waals surface area contributed by atoms with Gasteiger partial charge in [0, 0.05) is 6.54 Å². The molecule has 2 unspecified atom stereocenters. The minimum Gasteiger partial charge on any atom is -0.465 e. The molecule has 0 radical (unpaired) electrons. The van der Waals surface area contributed by atoms with Crippen LogP contribution in [0.4, 0.5) is 4.79 Å². The van der Waals surface area contributed by atoms with Gasteiger partial charge in [-0.15, -0.1) is 0 Å². The van der Waals surface area contributed by atoms with Crippen LogP contribution in [0.3, 0.4) is 0 Å². The Kier molecular flexibility index (Phi) is 14.2. The third kappa shape index (κ3) is 12.7. The van der Waals surface area contributed by atoms with E-state index in [9.17, 15) is 24.1 Å². The molecule has 3 amide bonds. The van der Waals surface area contributed by atoms with Gasteiger partial charge >= 0.3 is 13.7 Å². The van der Waals surface area contributed by atoms with Gasteiger partial charge < -0.3 is 35.2 Å². The summed E-state index contributed by atoms with van der Waals surface area (Å²) in [6.07, 6.45) is -0.204. The van der Waals surface area contributed by atoms with E-state index in [4.69, 9.17) is 14.2 Å². The van der Waals surface area contributed by atoms with E-state index in [0.29, 0.717) is 19.3 Å². The van der Waals surface area contributed by atoms with Crippen LogP contribution in [0.1, 0.15) is 44.2 Å². The number of aryl methyl sites for hydroxylation is 1. The SMILES string of the molecule is CCOP(=O)(CC(=O)NCCCCC(NC(=O)O)C(=O)NC(CO)Cc1ccc(C)cc1)OCC. The lowest BCUT2D eigenvalue weighted by atomic mass is 10.0. The van der Waals surface area contributed by atoms with E-state index < -0.39 is 37.6 Å². The summed E-state index contributed by atoms with van der Waals surface area (Å²) in [6, 6.07) is 6.12. The molecular weight excluding hydrogens is 477 g/mol. The molecule has 0 aliphatic rings. The Hall–Kier alpha value is -2.46. The van der Waals surface area contributed by atoms with E-state index in [-0.39, 0.29) is 38.9 Å². The second kappa shape index (κ2) is 16.3. The smallest absolute Gasteiger partial charge is 0.405 e. The second-order valence-corrected chi connectivity index (χ2v) is 10.1.